The molecule has 0 fully saturated rings. The molecule has 2 N–H and O–H groups in total. The zero-order chi connectivity index (χ0) is 8.97. The van der Waals surface area contributed by atoms with E-state index in [1.807, 2.05) is 6.92 Å². The van der Waals surface area contributed by atoms with Crippen LogP contribution in [0.15, 0.2) is 29.0 Å². The van der Waals surface area contributed by atoms with Crippen LogP contribution in [0, 0.1) is 0 Å². The van der Waals surface area contributed by atoms with Gasteiger partial charge in [0.05, 0.1) is 0 Å². The van der Waals surface area contributed by atoms with E-state index in [4.69, 9.17) is 5.73 Å². The van der Waals surface area contributed by atoms with E-state index in [9.17, 15) is 0 Å². The molecule has 0 saturated carbocycles. The number of thiophene rings is 1. The Morgan fingerprint density at radius 3 is 3.00 bits per heavy atom. The van der Waals surface area contributed by atoms with Crippen molar-refractivity contribution < 1.29 is 0 Å². The zero-order valence-corrected chi connectivity index (χ0v) is 8.23. The van der Waals surface area contributed by atoms with Crippen molar-refractivity contribution in [3.8, 4) is 0 Å². The topological polar surface area (TPSA) is 26.0 Å². The van der Waals surface area contributed by atoms with Gasteiger partial charge in [0.25, 0.3) is 0 Å². The fourth-order valence-electron chi connectivity index (χ4n) is 1.05. The summed E-state index contributed by atoms with van der Waals surface area (Å²) in [5.74, 6) is 0. The molecule has 1 heterocycles. The van der Waals surface area contributed by atoms with E-state index in [2.05, 4.69) is 23.4 Å². The van der Waals surface area contributed by atoms with E-state index in [0.717, 1.165) is 12.8 Å². The van der Waals surface area contributed by atoms with Crippen LogP contribution in [-0.4, -0.2) is 0 Å². The van der Waals surface area contributed by atoms with Crippen LogP contribution < -0.4 is 5.73 Å². The summed E-state index contributed by atoms with van der Waals surface area (Å²) < 4.78 is 0. The molecule has 12 heavy (non-hydrogen) atoms. The molecule has 1 atom stereocenters. The molecule has 66 valence electrons. The van der Waals surface area contributed by atoms with Crippen LogP contribution in [0.4, 0.5) is 0 Å². The van der Waals surface area contributed by atoms with Crippen LogP contribution in [-0.2, 0) is 0 Å². The van der Waals surface area contributed by atoms with Gasteiger partial charge < -0.3 is 5.73 Å². The summed E-state index contributed by atoms with van der Waals surface area (Å²) in [5.41, 5.74) is 8.41. The lowest BCUT2D eigenvalue weighted by atomic mass is 10.0. The number of nitrogens with two attached hydrogens (primary N) is 1. The van der Waals surface area contributed by atoms with Crippen LogP contribution in [0.3, 0.4) is 0 Å². The predicted molar refractivity (Wildman–Crippen MR) is 55.3 cm³/mol. The third-order valence-corrected chi connectivity index (χ3v) is 2.55. The molecule has 1 nitrogen and oxygen atoms in total. The first-order chi connectivity index (χ1) is 5.70. The summed E-state index contributed by atoms with van der Waals surface area (Å²) in [5, 5.41) is 4.18. The predicted octanol–water partition coefficient (Wildman–Crippen LogP) is 3.10. The van der Waals surface area contributed by atoms with Gasteiger partial charge in [0.2, 0.25) is 0 Å². The van der Waals surface area contributed by atoms with Gasteiger partial charge >= 0.3 is 0 Å². The first kappa shape index (κ1) is 9.49. The van der Waals surface area contributed by atoms with Crippen LogP contribution in [0.1, 0.15) is 31.4 Å². The normalized spacial score (nSPS) is 12.8. The summed E-state index contributed by atoms with van der Waals surface area (Å²) in [6.07, 6.45) is 2.03. The smallest absolute Gasteiger partial charge is 0.0306 e. The van der Waals surface area contributed by atoms with Gasteiger partial charge in [0, 0.05) is 6.04 Å². The molecule has 1 aromatic rings. The molecule has 0 bridgehead atoms. The second-order valence-electron chi connectivity index (χ2n) is 3.16. The second-order valence-corrected chi connectivity index (χ2v) is 3.94. The molecule has 1 rings (SSSR count). The second kappa shape index (κ2) is 4.43. The summed E-state index contributed by atoms with van der Waals surface area (Å²) in [4.78, 5) is 0. The standard InChI is InChI=1S/C10H15NS/c1-8(2)3-4-10(11)9-5-6-12-7-9/h5-7,10H,1,3-4,11H2,2H3. The Morgan fingerprint density at radius 1 is 1.75 bits per heavy atom. The number of rotatable bonds is 4. The van der Waals surface area contributed by atoms with Crippen LogP contribution in [0.5, 0.6) is 0 Å². The Bertz CT molecular complexity index is 238. The Labute approximate surface area is 77.9 Å². The summed E-state index contributed by atoms with van der Waals surface area (Å²) >= 11 is 1.70. The van der Waals surface area contributed by atoms with Crippen molar-refractivity contribution in [2.75, 3.05) is 0 Å². The van der Waals surface area contributed by atoms with Gasteiger partial charge in [-0.3, -0.25) is 0 Å². The van der Waals surface area contributed by atoms with E-state index in [0.29, 0.717) is 0 Å². The Hall–Kier alpha value is -0.600. The lowest BCUT2D eigenvalue weighted by Gasteiger charge is -2.08. The third-order valence-electron chi connectivity index (χ3n) is 1.85. The monoisotopic (exact) mass is 181 g/mol. The summed E-state index contributed by atoms with van der Waals surface area (Å²) in [7, 11) is 0. The van der Waals surface area contributed by atoms with E-state index in [1.165, 1.54) is 11.1 Å². The van der Waals surface area contributed by atoms with E-state index in [-0.39, 0.29) is 6.04 Å². The molecule has 0 spiro atoms. The minimum atomic E-state index is 0.188. The van der Waals surface area contributed by atoms with Gasteiger partial charge in [-0.1, -0.05) is 5.57 Å². The lowest BCUT2D eigenvalue weighted by molar-refractivity contribution is 0.651. The average Bonchev–Trinajstić information content (AvgIpc) is 2.51. The molecular weight excluding hydrogens is 166 g/mol. The molecule has 1 aromatic heterocycles. The molecule has 0 aliphatic heterocycles. The van der Waals surface area contributed by atoms with Crippen molar-refractivity contribution in [2.45, 2.75) is 25.8 Å². The molecule has 1 unspecified atom stereocenters. The fraction of sp³-hybridized carbons (Fsp3) is 0.400. The Kier molecular flexibility index (Phi) is 3.50. The number of hydrogen-bond acceptors (Lipinski definition) is 2. The Morgan fingerprint density at radius 2 is 2.50 bits per heavy atom. The van der Waals surface area contributed by atoms with Gasteiger partial charge in [-0.05, 0) is 42.2 Å². The highest BCUT2D eigenvalue weighted by Gasteiger charge is 2.04. The van der Waals surface area contributed by atoms with Gasteiger partial charge in [0.15, 0.2) is 0 Å². The van der Waals surface area contributed by atoms with Gasteiger partial charge in [-0.15, -0.1) is 6.58 Å². The van der Waals surface area contributed by atoms with Crippen LogP contribution in [0.2, 0.25) is 0 Å². The maximum atomic E-state index is 5.95. The van der Waals surface area contributed by atoms with Crippen LogP contribution >= 0.6 is 11.3 Å². The molecule has 2 heteroatoms. The minimum Gasteiger partial charge on any atom is -0.324 e. The lowest BCUT2D eigenvalue weighted by Crippen LogP contribution is -2.08. The minimum absolute atomic E-state index is 0.188. The zero-order valence-electron chi connectivity index (χ0n) is 7.42. The largest absolute Gasteiger partial charge is 0.324 e. The molecule has 0 aromatic carbocycles. The van der Waals surface area contributed by atoms with Crippen molar-refractivity contribution in [3.05, 3.63) is 34.5 Å². The third kappa shape index (κ3) is 2.80. The number of allylic oxidation sites excluding steroid dienone is 1. The van der Waals surface area contributed by atoms with Crippen LogP contribution in [0.25, 0.3) is 0 Å². The highest BCUT2D eigenvalue weighted by molar-refractivity contribution is 7.07. The van der Waals surface area contributed by atoms with E-state index >= 15 is 0 Å². The van der Waals surface area contributed by atoms with Crippen molar-refractivity contribution in [1.82, 2.24) is 0 Å². The molecular formula is C10H15NS. The fourth-order valence-corrected chi connectivity index (χ4v) is 1.78. The maximum absolute atomic E-state index is 5.95. The van der Waals surface area contributed by atoms with E-state index in [1.54, 1.807) is 11.3 Å². The molecule has 0 amide bonds. The highest BCUT2D eigenvalue weighted by atomic mass is 32.1. The van der Waals surface area contributed by atoms with Gasteiger partial charge in [-0.2, -0.15) is 11.3 Å². The van der Waals surface area contributed by atoms with Crippen molar-refractivity contribution in [2.24, 2.45) is 5.73 Å². The highest BCUT2D eigenvalue weighted by Crippen LogP contribution is 2.19. The quantitative estimate of drug-likeness (QED) is 0.710. The molecule has 0 aliphatic carbocycles. The number of hydrogen-bond donors (Lipinski definition) is 1. The van der Waals surface area contributed by atoms with Crippen molar-refractivity contribution >= 4 is 11.3 Å². The summed E-state index contributed by atoms with van der Waals surface area (Å²) in [6.45, 7) is 5.90. The molecule has 0 aliphatic rings. The SMILES string of the molecule is C=C(C)CCC(N)c1ccsc1. The summed E-state index contributed by atoms with van der Waals surface area (Å²) in [6, 6.07) is 2.28. The molecule has 0 saturated heterocycles. The first-order valence-electron chi connectivity index (χ1n) is 4.12. The van der Waals surface area contributed by atoms with Gasteiger partial charge in [0.1, 0.15) is 0 Å². The molecule has 0 radical (unpaired) electrons. The first-order valence-corrected chi connectivity index (χ1v) is 5.06. The Balaban J connectivity index is 2.39. The van der Waals surface area contributed by atoms with Gasteiger partial charge in [-0.25, -0.2) is 0 Å². The maximum Gasteiger partial charge on any atom is 0.0306 e. The average molecular weight is 181 g/mol. The van der Waals surface area contributed by atoms with Crippen molar-refractivity contribution in [1.29, 1.82) is 0 Å². The van der Waals surface area contributed by atoms with Crippen molar-refractivity contribution in [3.63, 3.8) is 0 Å². The van der Waals surface area contributed by atoms with E-state index < -0.39 is 0 Å².